The summed E-state index contributed by atoms with van der Waals surface area (Å²) in [6.45, 7) is 11.6. The van der Waals surface area contributed by atoms with Crippen LogP contribution in [0.4, 0.5) is 0 Å². The third-order valence-corrected chi connectivity index (χ3v) is 2.71. The summed E-state index contributed by atoms with van der Waals surface area (Å²) in [5.74, 6) is 0.719. The lowest BCUT2D eigenvalue weighted by Crippen LogP contribution is -2.17. The molecule has 0 aromatic heterocycles. The lowest BCUT2D eigenvalue weighted by atomic mass is 10.2. The quantitative estimate of drug-likeness (QED) is 0.433. The summed E-state index contributed by atoms with van der Waals surface area (Å²) in [6.07, 6.45) is 4.65. The first kappa shape index (κ1) is 9.96. The molecular formula is C9H20Si. The molecule has 0 fully saturated rings. The summed E-state index contributed by atoms with van der Waals surface area (Å²) in [5.41, 5.74) is 0. The Hall–Kier alpha value is -0.0431. The van der Waals surface area contributed by atoms with Gasteiger partial charge in [0.05, 0.1) is 0 Å². The van der Waals surface area contributed by atoms with E-state index >= 15 is 0 Å². The topological polar surface area (TPSA) is 0 Å². The van der Waals surface area contributed by atoms with E-state index in [9.17, 15) is 0 Å². The summed E-state index contributed by atoms with van der Waals surface area (Å²) in [4.78, 5) is 0. The lowest BCUT2D eigenvalue weighted by Gasteiger charge is -2.11. The van der Waals surface area contributed by atoms with Gasteiger partial charge in [0.2, 0.25) is 0 Å². The van der Waals surface area contributed by atoms with Crippen LogP contribution >= 0.6 is 0 Å². The highest BCUT2D eigenvalue weighted by molar-refractivity contribution is 6.76. The molecule has 10 heavy (non-hydrogen) atoms. The molecule has 0 heterocycles. The second kappa shape index (κ2) is 3.97. The molecule has 0 saturated heterocycles. The smallest absolute Gasteiger partial charge is 0.0480 e. The molecule has 0 aliphatic rings. The first-order valence-electron chi connectivity index (χ1n) is 4.08. The van der Waals surface area contributed by atoms with Gasteiger partial charge in [-0.3, -0.25) is 0 Å². The minimum Gasteiger partial charge on any atom is -0.0909 e. The fourth-order valence-electron chi connectivity index (χ4n) is 0.694. The highest BCUT2D eigenvalue weighted by Gasteiger charge is 2.09. The van der Waals surface area contributed by atoms with E-state index in [2.05, 4.69) is 45.6 Å². The van der Waals surface area contributed by atoms with Crippen molar-refractivity contribution in [2.24, 2.45) is 5.92 Å². The summed E-state index contributed by atoms with van der Waals surface area (Å²) in [7, 11) is -0.811. The molecule has 0 aliphatic carbocycles. The van der Waals surface area contributed by atoms with E-state index in [4.69, 9.17) is 0 Å². The fraction of sp³-hybridized carbons (Fsp3) is 0.778. The van der Waals surface area contributed by atoms with Crippen molar-refractivity contribution in [2.75, 3.05) is 0 Å². The van der Waals surface area contributed by atoms with Crippen LogP contribution in [0.1, 0.15) is 13.8 Å². The van der Waals surface area contributed by atoms with E-state index in [0.717, 1.165) is 5.92 Å². The number of hydrogen-bond acceptors (Lipinski definition) is 0. The Labute approximate surface area is 66.4 Å². The predicted molar refractivity (Wildman–Crippen MR) is 52.1 cm³/mol. The average molecular weight is 156 g/mol. The first-order chi connectivity index (χ1) is 4.42. The summed E-state index contributed by atoms with van der Waals surface area (Å²) in [5, 5.41) is 0. The standard InChI is InChI=1S/C9H20Si/c1-9(2)7-6-8-10(3,4)5/h6-7,9H,8H2,1-5H3/b7-6-. The summed E-state index contributed by atoms with van der Waals surface area (Å²) >= 11 is 0. The molecule has 0 rings (SSSR count). The van der Waals surface area contributed by atoms with Crippen LogP contribution in [0.5, 0.6) is 0 Å². The fourth-order valence-corrected chi connectivity index (χ4v) is 1.54. The van der Waals surface area contributed by atoms with Crippen molar-refractivity contribution < 1.29 is 0 Å². The monoisotopic (exact) mass is 156 g/mol. The predicted octanol–water partition coefficient (Wildman–Crippen LogP) is 3.54. The zero-order valence-corrected chi connectivity index (χ0v) is 8.94. The molecule has 1 heteroatoms. The van der Waals surface area contributed by atoms with Gasteiger partial charge >= 0.3 is 0 Å². The van der Waals surface area contributed by atoms with Gasteiger partial charge in [0.25, 0.3) is 0 Å². The van der Waals surface area contributed by atoms with E-state index in [0.29, 0.717) is 0 Å². The van der Waals surface area contributed by atoms with Crippen molar-refractivity contribution in [3.63, 3.8) is 0 Å². The minimum atomic E-state index is -0.811. The van der Waals surface area contributed by atoms with Crippen LogP contribution in [0.2, 0.25) is 25.7 Å². The van der Waals surface area contributed by atoms with Crippen LogP contribution in [-0.2, 0) is 0 Å². The Kier molecular flexibility index (Phi) is 3.95. The van der Waals surface area contributed by atoms with Gasteiger partial charge in [-0.15, -0.1) is 0 Å². The second-order valence-electron chi connectivity index (χ2n) is 4.44. The van der Waals surface area contributed by atoms with Gasteiger partial charge in [-0.2, -0.15) is 0 Å². The molecule has 0 radical (unpaired) electrons. The van der Waals surface area contributed by atoms with Crippen molar-refractivity contribution in [3.05, 3.63) is 12.2 Å². The van der Waals surface area contributed by atoms with E-state index in [-0.39, 0.29) is 0 Å². The molecule has 0 spiro atoms. The van der Waals surface area contributed by atoms with Crippen LogP contribution in [0.25, 0.3) is 0 Å². The van der Waals surface area contributed by atoms with E-state index in [1.807, 2.05) is 0 Å². The number of hydrogen-bond donors (Lipinski definition) is 0. The Morgan fingerprint density at radius 3 is 2.00 bits per heavy atom. The molecule has 0 saturated carbocycles. The summed E-state index contributed by atoms with van der Waals surface area (Å²) < 4.78 is 0. The third-order valence-electron chi connectivity index (χ3n) is 1.25. The molecule has 0 atom stereocenters. The van der Waals surface area contributed by atoms with Crippen LogP contribution in [-0.4, -0.2) is 8.07 Å². The van der Waals surface area contributed by atoms with Crippen molar-refractivity contribution in [2.45, 2.75) is 39.5 Å². The van der Waals surface area contributed by atoms with E-state index < -0.39 is 8.07 Å². The average Bonchev–Trinajstić information content (AvgIpc) is 1.59. The number of allylic oxidation sites excluding steroid dienone is 2. The van der Waals surface area contributed by atoms with E-state index in [1.165, 1.54) is 6.04 Å². The van der Waals surface area contributed by atoms with E-state index in [1.54, 1.807) is 0 Å². The van der Waals surface area contributed by atoms with Gasteiger partial charge in [0, 0.05) is 8.07 Å². The van der Waals surface area contributed by atoms with Gasteiger partial charge in [0.15, 0.2) is 0 Å². The molecule has 0 unspecified atom stereocenters. The molecule has 0 aromatic carbocycles. The van der Waals surface area contributed by atoms with Crippen LogP contribution in [0, 0.1) is 5.92 Å². The Balaban J connectivity index is 3.54. The number of rotatable bonds is 3. The maximum absolute atomic E-state index is 2.40. The Bertz CT molecular complexity index is 106. The highest BCUT2D eigenvalue weighted by atomic mass is 28.3. The largest absolute Gasteiger partial charge is 0.0909 e. The maximum Gasteiger partial charge on any atom is 0.0480 e. The zero-order chi connectivity index (χ0) is 8.20. The molecule has 0 aromatic rings. The molecule has 0 aliphatic heterocycles. The minimum absolute atomic E-state index is 0.719. The molecule has 60 valence electrons. The summed E-state index contributed by atoms with van der Waals surface area (Å²) in [6, 6.07) is 1.32. The van der Waals surface area contributed by atoms with Gasteiger partial charge in [-0.25, -0.2) is 0 Å². The Morgan fingerprint density at radius 1 is 1.20 bits per heavy atom. The van der Waals surface area contributed by atoms with Gasteiger partial charge < -0.3 is 0 Å². The normalized spacial score (nSPS) is 13.4. The molecular weight excluding hydrogens is 136 g/mol. The second-order valence-corrected chi connectivity index (χ2v) is 9.97. The highest BCUT2D eigenvalue weighted by Crippen LogP contribution is 2.09. The van der Waals surface area contributed by atoms with Gasteiger partial charge in [-0.05, 0) is 12.0 Å². The first-order valence-corrected chi connectivity index (χ1v) is 7.79. The van der Waals surface area contributed by atoms with Crippen molar-refractivity contribution in [3.8, 4) is 0 Å². The zero-order valence-electron chi connectivity index (χ0n) is 7.94. The third kappa shape index (κ3) is 7.96. The maximum atomic E-state index is 2.40. The Morgan fingerprint density at radius 2 is 1.70 bits per heavy atom. The SMILES string of the molecule is CC(C)/C=C\C[Si](C)(C)C. The van der Waals surface area contributed by atoms with Crippen molar-refractivity contribution in [1.82, 2.24) is 0 Å². The van der Waals surface area contributed by atoms with Crippen molar-refractivity contribution in [1.29, 1.82) is 0 Å². The van der Waals surface area contributed by atoms with Crippen LogP contribution < -0.4 is 0 Å². The van der Waals surface area contributed by atoms with Gasteiger partial charge in [0.1, 0.15) is 0 Å². The molecule has 0 nitrogen and oxygen atoms in total. The molecule has 0 amide bonds. The molecule has 0 bridgehead atoms. The van der Waals surface area contributed by atoms with Crippen LogP contribution in [0.15, 0.2) is 12.2 Å². The van der Waals surface area contributed by atoms with Crippen LogP contribution in [0.3, 0.4) is 0 Å². The van der Waals surface area contributed by atoms with Crippen molar-refractivity contribution >= 4 is 8.07 Å². The molecule has 0 N–H and O–H groups in total. The van der Waals surface area contributed by atoms with Gasteiger partial charge in [-0.1, -0.05) is 45.6 Å². The lowest BCUT2D eigenvalue weighted by molar-refractivity contribution is 0.830.